The van der Waals surface area contributed by atoms with Crippen LogP contribution in [0.15, 0.2) is 11.1 Å². The lowest BCUT2D eigenvalue weighted by Gasteiger charge is -2.25. The fourth-order valence-corrected chi connectivity index (χ4v) is 4.50. The molecule has 0 N–H and O–H groups in total. The van der Waals surface area contributed by atoms with Crippen molar-refractivity contribution in [1.29, 1.82) is 0 Å². The fourth-order valence-electron chi connectivity index (χ4n) is 4.50. The van der Waals surface area contributed by atoms with Gasteiger partial charge in [-0.1, -0.05) is 19.3 Å². The smallest absolute Gasteiger partial charge is 0.263 e. The molecule has 1 atom stereocenters. The molecular weight excluding hydrogens is 330 g/mol. The SMILES string of the molecule is Cc1c(C)n(C2CCCCC2)c2ncn(CC(=O)C3CCOC3)c(=O)c12. The third kappa shape index (κ3) is 2.90. The number of rotatable bonds is 4. The molecule has 1 saturated carbocycles. The number of nitrogens with zero attached hydrogens (tertiary/aromatic N) is 3. The van der Waals surface area contributed by atoms with E-state index in [-0.39, 0.29) is 23.8 Å². The van der Waals surface area contributed by atoms with Crippen LogP contribution < -0.4 is 5.56 Å². The van der Waals surface area contributed by atoms with Gasteiger partial charge in [0.25, 0.3) is 5.56 Å². The molecule has 1 aliphatic carbocycles. The highest BCUT2D eigenvalue weighted by Crippen LogP contribution is 2.33. The van der Waals surface area contributed by atoms with Gasteiger partial charge in [0.2, 0.25) is 0 Å². The average molecular weight is 357 g/mol. The van der Waals surface area contributed by atoms with Crippen LogP contribution in [0.3, 0.4) is 0 Å². The second-order valence-corrected chi connectivity index (χ2v) is 7.78. The first-order valence-corrected chi connectivity index (χ1v) is 9.75. The van der Waals surface area contributed by atoms with Crippen molar-refractivity contribution in [3.05, 3.63) is 27.9 Å². The number of ether oxygens (including phenoxy) is 1. The minimum absolute atomic E-state index is 0.0619. The van der Waals surface area contributed by atoms with Crippen molar-refractivity contribution in [2.45, 2.75) is 65.0 Å². The normalized spacial score (nSPS) is 21.5. The average Bonchev–Trinajstić information content (AvgIpc) is 3.26. The van der Waals surface area contributed by atoms with Crippen molar-refractivity contribution < 1.29 is 9.53 Å². The molecule has 1 unspecified atom stereocenters. The molecule has 0 spiro atoms. The second kappa shape index (κ2) is 6.99. The highest BCUT2D eigenvalue weighted by Gasteiger charge is 2.26. The van der Waals surface area contributed by atoms with Gasteiger partial charge in [-0.15, -0.1) is 0 Å². The molecule has 0 radical (unpaired) electrons. The number of aromatic nitrogens is 3. The molecule has 6 heteroatoms. The molecule has 2 aromatic rings. The first-order chi connectivity index (χ1) is 12.6. The van der Waals surface area contributed by atoms with E-state index < -0.39 is 0 Å². The van der Waals surface area contributed by atoms with Crippen LogP contribution >= 0.6 is 0 Å². The number of hydrogen-bond acceptors (Lipinski definition) is 4. The van der Waals surface area contributed by atoms with E-state index in [0.717, 1.165) is 36.2 Å². The number of aryl methyl sites for hydroxylation is 1. The summed E-state index contributed by atoms with van der Waals surface area (Å²) in [6, 6.07) is 0.431. The Morgan fingerprint density at radius 2 is 2.00 bits per heavy atom. The molecule has 1 aliphatic heterocycles. The number of fused-ring (bicyclic) bond motifs is 1. The Morgan fingerprint density at radius 1 is 1.23 bits per heavy atom. The molecule has 26 heavy (non-hydrogen) atoms. The van der Waals surface area contributed by atoms with Gasteiger partial charge in [0.15, 0.2) is 5.78 Å². The van der Waals surface area contributed by atoms with Gasteiger partial charge in [-0.25, -0.2) is 4.98 Å². The van der Waals surface area contributed by atoms with Crippen LogP contribution in [-0.4, -0.2) is 33.1 Å². The lowest BCUT2D eigenvalue weighted by molar-refractivity contribution is -0.123. The van der Waals surface area contributed by atoms with Gasteiger partial charge in [0.05, 0.1) is 18.5 Å². The Bertz CT molecular complexity index is 884. The van der Waals surface area contributed by atoms with Crippen molar-refractivity contribution >= 4 is 16.8 Å². The number of carbonyl (C=O) groups excluding carboxylic acids is 1. The molecule has 2 fully saturated rings. The molecule has 3 heterocycles. The monoisotopic (exact) mass is 357 g/mol. The van der Waals surface area contributed by atoms with Crippen LogP contribution in [-0.2, 0) is 16.1 Å². The minimum atomic E-state index is -0.0996. The second-order valence-electron chi connectivity index (χ2n) is 7.78. The zero-order valence-corrected chi connectivity index (χ0v) is 15.7. The maximum atomic E-state index is 13.1. The van der Waals surface area contributed by atoms with E-state index in [2.05, 4.69) is 16.5 Å². The van der Waals surface area contributed by atoms with Crippen LogP contribution in [0.5, 0.6) is 0 Å². The van der Waals surface area contributed by atoms with E-state index in [1.165, 1.54) is 23.8 Å². The van der Waals surface area contributed by atoms with Gasteiger partial charge in [0, 0.05) is 24.3 Å². The number of ketones is 1. The van der Waals surface area contributed by atoms with E-state index in [0.29, 0.717) is 24.6 Å². The summed E-state index contributed by atoms with van der Waals surface area (Å²) in [5, 5.41) is 0.672. The zero-order valence-electron chi connectivity index (χ0n) is 15.7. The summed E-state index contributed by atoms with van der Waals surface area (Å²) < 4.78 is 9.03. The van der Waals surface area contributed by atoms with Gasteiger partial charge < -0.3 is 9.30 Å². The molecule has 2 aliphatic rings. The van der Waals surface area contributed by atoms with E-state index in [4.69, 9.17) is 4.74 Å². The molecule has 4 rings (SSSR count). The van der Waals surface area contributed by atoms with Gasteiger partial charge in [-0.2, -0.15) is 0 Å². The third-order valence-corrected chi connectivity index (χ3v) is 6.18. The first kappa shape index (κ1) is 17.5. The summed E-state index contributed by atoms with van der Waals surface area (Å²) in [4.78, 5) is 30.1. The van der Waals surface area contributed by atoms with Crippen LogP contribution in [0, 0.1) is 19.8 Å². The number of carbonyl (C=O) groups is 1. The highest BCUT2D eigenvalue weighted by molar-refractivity contribution is 5.83. The van der Waals surface area contributed by atoms with E-state index >= 15 is 0 Å². The molecule has 1 saturated heterocycles. The summed E-state index contributed by atoms with van der Waals surface area (Å²) in [5.74, 6) is -0.0286. The number of Topliss-reactive ketones (excluding diaryl/α,β-unsaturated/α-hetero) is 1. The van der Waals surface area contributed by atoms with Crippen molar-refractivity contribution in [1.82, 2.24) is 14.1 Å². The minimum Gasteiger partial charge on any atom is -0.381 e. The summed E-state index contributed by atoms with van der Waals surface area (Å²) >= 11 is 0. The quantitative estimate of drug-likeness (QED) is 0.844. The Morgan fingerprint density at radius 3 is 2.69 bits per heavy atom. The standard InChI is InChI=1S/C20H27N3O3/c1-13-14(2)23(16-6-4-3-5-7-16)19-18(13)20(25)22(12-21-19)10-17(24)15-8-9-26-11-15/h12,15-16H,3-11H2,1-2H3. The van der Waals surface area contributed by atoms with Gasteiger partial charge in [0.1, 0.15) is 12.0 Å². The van der Waals surface area contributed by atoms with E-state index in [1.807, 2.05) is 6.92 Å². The fraction of sp³-hybridized carbons (Fsp3) is 0.650. The summed E-state index contributed by atoms with van der Waals surface area (Å²) in [6.07, 6.45) is 8.36. The Kier molecular flexibility index (Phi) is 4.69. The van der Waals surface area contributed by atoms with Crippen LogP contribution in [0.25, 0.3) is 11.0 Å². The Hall–Kier alpha value is -1.95. The molecule has 0 amide bonds. The van der Waals surface area contributed by atoms with E-state index in [1.54, 1.807) is 6.33 Å². The summed E-state index contributed by atoms with van der Waals surface area (Å²) in [6.45, 7) is 5.26. The highest BCUT2D eigenvalue weighted by atomic mass is 16.5. The predicted octanol–water partition coefficient (Wildman–Crippen LogP) is 2.93. The van der Waals surface area contributed by atoms with Crippen molar-refractivity contribution in [3.63, 3.8) is 0 Å². The predicted molar refractivity (Wildman–Crippen MR) is 99.5 cm³/mol. The molecule has 2 aromatic heterocycles. The van der Waals surface area contributed by atoms with E-state index in [9.17, 15) is 9.59 Å². The van der Waals surface area contributed by atoms with Crippen LogP contribution in [0.2, 0.25) is 0 Å². The lowest BCUT2D eigenvalue weighted by Crippen LogP contribution is -2.28. The number of hydrogen-bond donors (Lipinski definition) is 0. The van der Waals surface area contributed by atoms with Gasteiger partial charge in [-0.05, 0) is 38.7 Å². The maximum Gasteiger partial charge on any atom is 0.263 e. The van der Waals surface area contributed by atoms with Crippen molar-refractivity contribution in [3.8, 4) is 0 Å². The Labute approximate surface area is 153 Å². The largest absolute Gasteiger partial charge is 0.381 e. The lowest BCUT2D eigenvalue weighted by atomic mass is 9.95. The molecule has 140 valence electrons. The van der Waals surface area contributed by atoms with Gasteiger partial charge in [-0.3, -0.25) is 14.2 Å². The summed E-state index contributed by atoms with van der Waals surface area (Å²) in [5.41, 5.74) is 2.81. The van der Waals surface area contributed by atoms with Crippen LogP contribution in [0.4, 0.5) is 0 Å². The Balaban J connectivity index is 1.72. The molecule has 0 bridgehead atoms. The van der Waals surface area contributed by atoms with Crippen molar-refractivity contribution in [2.24, 2.45) is 5.92 Å². The zero-order chi connectivity index (χ0) is 18.3. The third-order valence-electron chi connectivity index (χ3n) is 6.18. The van der Waals surface area contributed by atoms with Crippen molar-refractivity contribution in [2.75, 3.05) is 13.2 Å². The maximum absolute atomic E-state index is 13.1. The topological polar surface area (TPSA) is 66.1 Å². The summed E-state index contributed by atoms with van der Waals surface area (Å²) in [7, 11) is 0. The first-order valence-electron chi connectivity index (χ1n) is 9.75. The van der Waals surface area contributed by atoms with Crippen LogP contribution in [0.1, 0.15) is 55.8 Å². The molecule has 6 nitrogen and oxygen atoms in total. The van der Waals surface area contributed by atoms with Gasteiger partial charge >= 0.3 is 0 Å². The molecule has 0 aromatic carbocycles. The molecular formula is C20H27N3O3.